The summed E-state index contributed by atoms with van der Waals surface area (Å²) in [5.74, 6) is 0.106. The molecule has 1 aliphatic heterocycles. The highest BCUT2D eigenvalue weighted by Crippen LogP contribution is 2.23. The second-order valence-corrected chi connectivity index (χ2v) is 4.27. The van der Waals surface area contributed by atoms with Gasteiger partial charge in [0.15, 0.2) is 0 Å². The van der Waals surface area contributed by atoms with Crippen LogP contribution in [0.2, 0.25) is 0 Å². The van der Waals surface area contributed by atoms with Crippen LogP contribution in [0, 0.1) is 0 Å². The van der Waals surface area contributed by atoms with E-state index in [1.807, 2.05) is 6.07 Å². The zero-order valence-corrected chi connectivity index (χ0v) is 9.21. The number of hydrogen-bond acceptors (Lipinski definition) is 2. The molecule has 0 saturated carbocycles. The summed E-state index contributed by atoms with van der Waals surface area (Å²) in [5, 5.41) is 2.84. The average Bonchev–Trinajstić information content (AvgIpc) is 2.53. The van der Waals surface area contributed by atoms with Crippen LogP contribution in [0.25, 0.3) is 0 Å². The molecule has 1 aromatic carbocycles. The lowest BCUT2D eigenvalue weighted by atomic mass is 10.1. The van der Waals surface area contributed by atoms with Crippen LogP contribution in [0.4, 0.5) is 5.69 Å². The van der Waals surface area contributed by atoms with Gasteiger partial charge in [0.05, 0.1) is 6.42 Å². The van der Waals surface area contributed by atoms with E-state index in [-0.39, 0.29) is 5.91 Å². The van der Waals surface area contributed by atoms with Crippen LogP contribution in [0.3, 0.4) is 0 Å². The smallest absolute Gasteiger partial charge is 0.228 e. The summed E-state index contributed by atoms with van der Waals surface area (Å²) >= 11 is 0. The van der Waals surface area contributed by atoms with E-state index in [4.69, 9.17) is 0 Å². The quantitative estimate of drug-likeness (QED) is 0.804. The van der Waals surface area contributed by atoms with Gasteiger partial charge in [-0.2, -0.15) is 0 Å². The van der Waals surface area contributed by atoms with Gasteiger partial charge in [-0.25, -0.2) is 0 Å². The first kappa shape index (κ1) is 10.2. The van der Waals surface area contributed by atoms with E-state index < -0.39 is 0 Å². The lowest BCUT2D eigenvalue weighted by molar-refractivity contribution is -0.115. The summed E-state index contributed by atoms with van der Waals surface area (Å²) in [6.07, 6.45) is 1.57. The molecule has 0 bridgehead atoms. The van der Waals surface area contributed by atoms with Crippen LogP contribution in [0.1, 0.15) is 11.1 Å². The van der Waals surface area contributed by atoms with Crippen molar-refractivity contribution >= 4 is 11.6 Å². The number of nitrogens with zero attached hydrogens (tertiary/aromatic N) is 1. The molecule has 0 fully saturated rings. The topological polar surface area (TPSA) is 32.3 Å². The predicted molar refractivity (Wildman–Crippen MR) is 61.0 cm³/mol. The summed E-state index contributed by atoms with van der Waals surface area (Å²) in [7, 11) is 4.14. The summed E-state index contributed by atoms with van der Waals surface area (Å²) in [5.41, 5.74) is 3.42. The highest BCUT2D eigenvalue weighted by Gasteiger charge is 2.17. The third kappa shape index (κ3) is 2.36. The Bertz CT molecular complexity index is 385. The monoisotopic (exact) mass is 204 g/mol. The van der Waals surface area contributed by atoms with Crippen LogP contribution in [-0.2, 0) is 17.6 Å². The third-order valence-electron chi connectivity index (χ3n) is 2.64. The van der Waals surface area contributed by atoms with Crippen molar-refractivity contribution in [3.05, 3.63) is 29.3 Å². The molecule has 0 saturated heterocycles. The van der Waals surface area contributed by atoms with E-state index in [1.54, 1.807) is 0 Å². The maximum absolute atomic E-state index is 11.2. The number of hydrogen-bond donors (Lipinski definition) is 1. The Balaban J connectivity index is 2.09. The SMILES string of the molecule is CN(C)CCc1ccc2c(c1)CC(=O)N2. The Morgan fingerprint density at radius 2 is 2.20 bits per heavy atom. The zero-order chi connectivity index (χ0) is 10.8. The van der Waals surface area contributed by atoms with Crippen molar-refractivity contribution < 1.29 is 4.79 Å². The van der Waals surface area contributed by atoms with Crippen molar-refractivity contribution in [2.45, 2.75) is 12.8 Å². The van der Waals surface area contributed by atoms with Crippen LogP contribution in [-0.4, -0.2) is 31.4 Å². The Morgan fingerprint density at radius 1 is 1.40 bits per heavy atom. The number of likely N-dealkylation sites (N-methyl/N-ethyl adjacent to an activating group) is 1. The van der Waals surface area contributed by atoms with Gasteiger partial charge >= 0.3 is 0 Å². The molecule has 15 heavy (non-hydrogen) atoms. The van der Waals surface area contributed by atoms with Gasteiger partial charge in [0, 0.05) is 12.2 Å². The first-order chi connectivity index (χ1) is 7.15. The lowest BCUT2D eigenvalue weighted by Gasteiger charge is -2.09. The Morgan fingerprint density at radius 3 is 2.93 bits per heavy atom. The summed E-state index contributed by atoms with van der Waals surface area (Å²) in [6, 6.07) is 6.23. The molecule has 2 rings (SSSR count). The number of anilines is 1. The predicted octanol–water partition coefficient (Wildman–Crippen LogP) is 1.29. The minimum atomic E-state index is 0.106. The van der Waals surface area contributed by atoms with Crippen molar-refractivity contribution in [3.63, 3.8) is 0 Å². The van der Waals surface area contributed by atoms with Crippen molar-refractivity contribution in [2.75, 3.05) is 26.0 Å². The van der Waals surface area contributed by atoms with Crippen LogP contribution in [0.15, 0.2) is 18.2 Å². The van der Waals surface area contributed by atoms with Gasteiger partial charge in [-0.3, -0.25) is 4.79 Å². The van der Waals surface area contributed by atoms with E-state index >= 15 is 0 Å². The zero-order valence-electron chi connectivity index (χ0n) is 9.21. The molecule has 3 heteroatoms. The van der Waals surface area contributed by atoms with Crippen molar-refractivity contribution in [1.82, 2.24) is 4.90 Å². The van der Waals surface area contributed by atoms with Crippen molar-refractivity contribution in [3.8, 4) is 0 Å². The molecular weight excluding hydrogens is 188 g/mol. The van der Waals surface area contributed by atoms with E-state index in [0.29, 0.717) is 6.42 Å². The van der Waals surface area contributed by atoms with E-state index in [2.05, 4.69) is 36.4 Å². The highest BCUT2D eigenvalue weighted by atomic mass is 16.1. The molecule has 0 atom stereocenters. The molecule has 0 unspecified atom stereocenters. The van der Waals surface area contributed by atoms with E-state index in [0.717, 1.165) is 24.2 Å². The minimum Gasteiger partial charge on any atom is -0.326 e. The number of rotatable bonds is 3. The maximum atomic E-state index is 11.2. The fourth-order valence-electron chi connectivity index (χ4n) is 1.79. The third-order valence-corrected chi connectivity index (χ3v) is 2.64. The van der Waals surface area contributed by atoms with Crippen molar-refractivity contribution in [2.24, 2.45) is 0 Å². The second kappa shape index (κ2) is 4.03. The Hall–Kier alpha value is -1.35. The number of nitrogens with one attached hydrogen (secondary N) is 1. The molecule has 1 aromatic rings. The van der Waals surface area contributed by atoms with Crippen LogP contribution in [0.5, 0.6) is 0 Å². The van der Waals surface area contributed by atoms with Crippen molar-refractivity contribution in [1.29, 1.82) is 0 Å². The number of benzene rings is 1. The first-order valence-corrected chi connectivity index (χ1v) is 5.21. The molecule has 1 amide bonds. The summed E-state index contributed by atoms with van der Waals surface area (Å²) in [4.78, 5) is 13.3. The fourth-order valence-corrected chi connectivity index (χ4v) is 1.79. The van der Waals surface area contributed by atoms with E-state index in [1.165, 1.54) is 5.56 Å². The largest absolute Gasteiger partial charge is 0.326 e. The van der Waals surface area contributed by atoms with Gasteiger partial charge in [0.1, 0.15) is 0 Å². The molecule has 0 aromatic heterocycles. The second-order valence-electron chi connectivity index (χ2n) is 4.27. The first-order valence-electron chi connectivity index (χ1n) is 5.21. The molecule has 80 valence electrons. The molecule has 0 radical (unpaired) electrons. The lowest BCUT2D eigenvalue weighted by Crippen LogP contribution is -2.15. The maximum Gasteiger partial charge on any atom is 0.228 e. The fraction of sp³-hybridized carbons (Fsp3) is 0.417. The Kier molecular flexibility index (Phi) is 2.73. The van der Waals surface area contributed by atoms with Gasteiger partial charge in [0.25, 0.3) is 0 Å². The standard InChI is InChI=1S/C12H16N2O/c1-14(2)6-5-9-3-4-11-10(7-9)8-12(15)13-11/h3-4,7H,5-6,8H2,1-2H3,(H,13,15). The van der Waals surface area contributed by atoms with Gasteiger partial charge in [-0.15, -0.1) is 0 Å². The van der Waals surface area contributed by atoms with Gasteiger partial charge < -0.3 is 10.2 Å². The molecule has 0 aliphatic carbocycles. The summed E-state index contributed by atoms with van der Waals surface area (Å²) < 4.78 is 0. The molecule has 3 nitrogen and oxygen atoms in total. The minimum absolute atomic E-state index is 0.106. The molecule has 1 aliphatic rings. The summed E-state index contributed by atoms with van der Waals surface area (Å²) in [6.45, 7) is 1.04. The average molecular weight is 204 g/mol. The molecule has 1 heterocycles. The highest BCUT2D eigenvalue weighted by molar-refractivity contribution is 5.99. The number of fused-ring (bicyclic) bond motifs is 1. The number of amides is 1. The van der Waals surface area contributed by atoms with Gasteiger partial charge in [-0.1, -0.05) is 12.1 Å². The normalized spacial score (nSPS) is 14.2. The number of carbonyl (C=O) groups excluding carboxylic acids is 1. The van der Waals surface area contributed by atoms with Gasteiger partial charge in [-0.05, 0) is 37.7 Å². The molecule has 0 spiro atoms. The molecule has 1 N–H and O–H groups in total. The molecular formula is C12H16N2O. The van der Waals surface area contributed by atoms with E-state index in [9.17, 15) is 4.79 Å². The number of carbonyl (C=O) groups is 1. The Labute approximate surface area is 90.1 Å². The van der Waals surface area contributed by atoms with Crippen LogP contribution < -0.4 is 5.32 Å². The van der Waals surface area contributed by atoms with Gasteiger partial charge in [0.2, 0.25) is 5.91 Å². The van der Waals surface area contributed by atoms with Crippen LogP contribution >= 0.6 is 0 Å².